The maximum Gasteiger partial charge on any atom is 0.350 e. The van der Waals surface area contributed by atoms with E-state index in [4.69, 9.17) is 0 Å². The minimum Gasteiger partial charge on any atom is -0.272 e. The van der Waals surface area contributed by atoms with Crippen molar-refractivity contribution in [1.82, 2.24) is 8.83 Å². The third-order valence-electron chi connectivity index (χ3n) is 6.04. The quantitative estimate of drug-likeness (QED) is 0.460. The van der Waals surface area contributed by atoms with E-state index in [1.165, 1.54) is 0 Å². The standard InChI is InChI=1S/C12H24N2O6S2.C8H6N2O/c15-21(16,17)13(11-7-3-1-4-8-11)14(22(18,19)20)12-9-5-2-6-10-12;11-8-5-6-3-1-2-4-7(6)9-10-8/h11-12H,1-10H2,(H,15,16,17)(H,18,19,20);1-4H,5H2. The molecular weight excluding hydrogens is 472 g/mol. The summed E-state index contributed by atoms with van der Waals surface area (Å²) in [4.78, 5) is 10.8. The minimum atomic E-state index is -4.78. The highest BCUT2D eigenvalue weighted by Gasteiger charge is 2.44. The lowest BCUT2D eigenvalue weighted by molar-refractivity contribution is -0.117. The number of amides is 1. The van der Waals surface area contributed by atoms with Crippen molar-refractivity contribution in [1.29, 1.82) is 0 Å². The second kappa shape index (κ2) is 11.1. The van der Waals surface area contributed by atoms with Crippen LogP contribution in [-0.4, -0.2) is 52.8 Å². The van der Waals surface area contributed by atoms with Gasteiger partial charge in [-0.15, -0.1) is 10.2 Å². The molecule has 4 rings (SSSR count). The molecule has 0 atom stereocenters. The number of azo groups is 1. The van der Waals surface area contributed by atoms with Gasteiger partial charge in [0.25, 0.3) is 5.91 Å². The van der Waals surface area contributed by atoms with Crippen molar-refractivity contribution in [3.8, 4) is 0 Å². The molecule has 1 aromatic rings. The highest BCUT2D eigenvalue weighted by molar-refractivity contribution is 7.86. The number of rotatable bonds is 5. The second-order valence-corrected chi connectivity index (χ2v) is 11.0. The van der Waals surface area contributed by atoms with Crippen LogP contribution in [0.1, 0.15) is 69.8 Å². The number of carbonyl (C=O) groups excluding carboxylic acids is 1. The van der Waals surface area contributed by atoms with Crippen LogP contribution in [0.2, 0.25) is 0 Å². The van der Waals surface area contributed by atoms with Gasteiger partial charge >= 0.3 is 20.6 Å². The molecule has 2 fully saturated rings. The van der Waals surface area contributed by atoms with Gasteiger partial charge in [-0.05, 0) is 37.3 Å². The third kappa shape index (κ3) is 7.11. The van der Waals surface area contributed by atoms with Crippen molar-refractivity contribution >= 4 is 32.2 Å². The minimum absolute atomic E-state index is 0.163. The molecule has 2 aliphatic carbocycles. The van der Waals surface area contributed by atoms with Crippen LogP contribution in [0, 0.1) is 0 Å². The van der Waals surface area contributed by atoms with Crippen LogP contribution >= 0.6 is 0 Å². The predicted octanol–water partition coefficient (Wildman–Crippen LogP) is 3.63. The Hall–Kier alpha value is -1.77. The van der Waals surface area contributed by atoms with Gasteiger partial charge in [-0.1, -0.05) is 65.6 Å². The molecule has 0 bridgehead atoms. The maximum absolute atomic E-state index is 11.8. The van der Waals surface area contributed by atoms with Crippen molar-refractivity contribution in [2.75, 3.05) is 0 Å². The van der Waals surface area contributed by atoms with Gasteiger partial charge < -0.3 is 0 Å². The topological polar surface area (TPSA) is 157 Å². The highest BCUT2D eigenvalue weighted by atomic mass is 32.2. The van der Waals surface area contributed by atoms with E-state index in [2.05, 4.69) is 10.2 Å². The van der Waals surface area contributed by atoms with E-state index >= 15 is 0 Å². The monoisotopic (exact) mass is 502 g/mol. The van der Waals surface area contributed by atoms with E-state index < -0.39 is 32.7 Å². The Morgan fingerprint density at radius 1 is 0.727 bits per heavy atom. The number of hydrogen-bond acceptors (Lipinski definition) is 6. The fraction of sp³-hybridized carbons (Fsp3) is 0.650. The Labute approximate surface area is 194 Å². The van der Waals surface area contributed by atoms with E-state index in [0.29, 0.717) is 40.9 Å². The van der Waals surface area contributed by atoms with Gasteiger partial charge in [0.1, 0.15) is 0 Å². The summed E-state index contributed by atoms with van der Waals surface area (Å²) in [6.07, 6.45) is 7.23. The first-order valence-electron chi connectivity index (χ1n) is 11.1. The van der Waals surface area contributed by atoms with Crippen molar-refractivity contribution in [3.63, 3.8) is 0 Å². The van der Waals surface area contributed by atoms with E-state index in [9.17, 15) is 30.7 Å². The SMILES string of the molecule is O=C1Cc2ccccc2N=N1.O=S(=O)(O)N(C1CCCCC1)N(C1CCCCC1)S(=O)(=O)O. The molecule has 1 aliphatic heterocycles. The molecule has 2 N–H and O–H groups in total. The number of carbonyl (C=O) groups is 1. The van der Waals surface area contributed by atoms with Gasteiger partial charge in [0.05, 0.1) is 12.1 Å². The lowest BCUT2D eigenvalue weighted by atomic mass is 9.95. The van der Waals surface area contributed by atoms with Gasteiger partial charge in [0.15, 0.2) is 0 Å². The molecule has 0 saturated heterocycles. The van der Waals surface area contributed by atoms with Gasteiger partial charge in [-0.2, -0.15) is 16.8 Å². The van der Waals surface area contributed by atoms with Crippen molar-refractivity contribution in [2.24, 2.45) is 10.2 Å². The Morgan fingerprint density at radius 3 is 1.64 bits per heavy atom. The molecule has 1 aromatic carbocycles. The number of fused-ring (bicyclic) bond motifs is 1. The van der Waals surface area contributed by atoms with Crippen LogP contribution in [0.25, 0.3) is 0 Å². The largest absolute Gasteiger partial charge is 0.350 e. The fourth-order valence-corrected chi connectivity index (χ4v) is 6.93. The lowest BCUT2D eigenvalue weighted by Gasteiger charge is -2.41. The highest BCUT2D eigenvalue weighted by Crippen LogP contribution is 2.32. The van der Waals surface area contributed by atoms with E-state index in [1.807, 2.05) is 24.3 Å². The summed E-state index contributed by atoms with van der Waals surface area (Å²) in [5, 5.41) is 7.21. The van der Waals surface area contributed by atoms with E-state index in [-0.39, 0.29) is 5.91 Å². The predicted molar refractivity (Wildman–Crippen MR) is 120 cm³/mol. The Kier molecular flexibility index (Phi) is 8.70. The fourth-order valence-electron chi connectivity index (χ4n) is 4.57. The molecule has 3 aliphatic rings. The summed E-state index contributed by atoms with van der Waals surface area (Å²) in [6.45, 7) is 0. The first kappa shape index (κ1) is 25.8. The molecule has 13 heteroatoms. The van der Waals surface area contributed by atoms with E-state index in [1.54, 1.807) is 0 Å². The first-order valence-corrected chi connectivity index (χ1v) is 13.9. The van der Waals surface area contributed by atoms with E-state index in [0.717, 1.165) is 49.8 Å². The molecule has 33 heavy (non-hydrogen) atoms. The van der Waals surface area contributed by atoms with Crippen LogP contribution in [0.15, 0.2) is 34.5 Å². The maximum atomic E-state index is 11.8. The lowest BCUT2D eigenvalue weighted by Crippen LogP contribution is -2.58. The van der Waals surface area contributed by atoms with Crippen LogP contribution in [0.4, 0.5) is 5.69 Å². The third-order valence-corrected chi connectivity index (χ3v) is 8.04. The van der Waals surface area contributed by atoms with Crippen molar-refractivity contribution in [2.45, 2.75) is 82.7 Å². The number of nitrogens with zero attached hydrogens (tertiary/aromatic N) is 4. The van der Waals surface area contributed by atoms with Crippen LogP contribution in [0.3, 0.4) is 0 Å². The molecular formula is C20H30N4O7S2. The Balaban J connectivity index is 0.000000231. The summed E-state index contributed by atoms with van der Waals surface area (Å²) >= 11 is 0. The molecule has 11 nitrogen and oxygen atoms in total. The number of benzene rings is 1. The Morgan fingerprint density at radius 2 is 1.18 bits per heavy atom. The molecule has 0 aromatic heterocycles. The molecule has 1 amide bonds. The van der Waals surface area contributed by atoms with Crippen molar-refractivity contribution < 1.29 is 30.7 Å². The van der Waals surface area contributed by atoms with Crippen LogP contribution in [-0.2, 0) is 31.8 Å². The van der Waals surface area contributed by atoms with Crippen LogP contribution in [0.5, 0.6) is 0 Å². The summed E-state index contributed by atoms with van der Waals surface area (Å²) < 4.78 is 67.5. The zero-order chi connectivity index (χ0) is 24.1. The smallest absolute Gasteiger partial charge is 0.272 e. The average Bonchev–Trinajstić information content (AvgIpc) is 2.77. The van der Waals surface area contributed by atoms with Gasteiger partial charge in [-0.3, -0.25) is 13.9 Å². The van der Waals surface area contributed by atoms with Gasteiger partial charge in [0.2, 0.25) is 0 Å². The zero-order valence-corrected chi connectivity index (χ0v) is 19.9. The van der Waals surface area contributed by atoms with Crippen LogP contribution < -0.4 is 0 Å². The molecule has 0 unspecified atom stereocenters. The summed E-state index contributed by atoms with van der Waals surface area (Å²) in [6, 6.07) is 6.26. The Bertz CT molecular complexity index is 1010. The van der Waals surface area contributed by atoms with Crippen molar-refractivity contribution in [3.05, 3.63) is 29.8 Å². The zero-order valence-electron chi connectivity index (χ0n) is 18.3. The first-order chi connectivity index (χ1) is 15.6. The molecule has 184 valence electrons. The summed E-state index contributed by atoms with van der Waals surface area (Å²) in [5.41, 5.74) is 1.78. The second-order valence-electron chi connectivity index (χ2n) is 8.48. The molecule has 0 radical (unpaired) electrons. The normalized spacial score (nSPS) is 20.4. The average molecular weight is 503 g/mol. The molecule has 2 saturated carbocycles. The molecule has 1 heterocycles. The summed E-state index contributed by atoms with van der Waals surface area (Å²) in [7, 11) is -9.55. The number of hydrazine groups is 1. The number of hydrogen-bond donors (Lipinski definition) is 2. The molecule has 0 spiro atoms. The van der Waals surface area contributed by atoms with Gasteiger partial charge in [-0.25, -0.2) is 0 Å². The summed E-state index contributed by atoms with van der Waals surface area (Å²) in [5.74, 6) is -0.163. The van der Waals surface area contributed by atoms with Gasteiger partial charge in [0, 0.05) is 12.1 Å².